The summed E-state index contributed by atoms with van der Waals surface area (Å²) in [6.07, 6.45) is 1.66. The van der Waals surface area contributed by atoms with Crippen molar-refractivity contribution in [1.29, 1.82) is 0 Å². The summed E-state index contributed by atoms with van der Waals surface area (Å²) in [5, 5.41) is 14.6. The third-order valence-corrected chi connectivity index (χ3v) is 5.78. The van der Waals surface area contributed by atoms with Crippen LogP contribution in [-0.2, 0) is 9.53 Å². The van der Waals surface area contributed by atoms with Crippen LogP contribution in [-0.4, -0.2) is 59.2 Å². The second-order valence-corrected chi connectivity index (χ2v) is 8.02. The molecule has 1 aliphatic rings. The van der Waals surface area contributed by atoms with Gasteiger partial charge in [0.15, 0.2) is 0 Å². The van der Waals surface area contributed by atoms with Crippen LogP contribution in [0.15, 0.2) is 24.3 Å². The molecule has 1 aliphatic heterocycles. The van der Waals surface area contributed by atoms with Crippen LogP contribution in [0.5, 0.6) is 0 Å². The number of aromatic nitrogens is 2. The van der Waals surface area contributed by atoms with Gasteiger partial charge in [-0.05, 0) is 38.8 Å². The van der Waals surface area contributed by atoms with Gasteiger partial charge in [-0.3, -0.25) is 9.59 Å². The van der Waals surface area contributed by atoms with E-state index in [2.05, 4.69) is 20.8 Å². The summed E-state index contributed by atoms with van der Waals surface area (Å²) in [6.45, 7) is 4.88. The quantitative estimate of drug-likeness (QED) is 0.680. The molecule has 1 saturated heterocycles. The van der Waals surface area contributed by atoms with Crippen LogP contribution in [0, 0.1) is 6.92 Å². The van der Waals surface area contributed by atoms with Crippen LogP contribution in [0.1, 0.15) is 46.1 Å². The van der Waals surface area contributed by atoms with E-state index in [-0.39, 0.29) is 36.0 Å². The Bertz CT molecular complexity index is 899. The Hall–Kier alpha value is -3.01. The number of anilines is 1. The first-order chi connectivity index (χ1) is 14.5. The summed E-state index contributed by atoms with van der Waals surface area (Å²) in [5.41, 5.74) is 1.81. The molecule has 2 heterocycles. The predicted molar refractivity (Wildman–Crippen MR) is 113 cm³/mol. The highest BCUT2D eigenvalue weighted by molar-refractivity contribution is 7.13. The van der Waals surface area contributed by atoms with Gasteiger partial charge < -0.3 is 20.3 Å². The maximum Gasteiger partial charge on any atom is 0.325 e. The van der Waals surface area contributed by atoms with Crippen molar-refractivity contribution in [2.75, 3.05) is 31.6 Å². The standard InChI is InChI=1S/C20H25N5O4S/c1-3-29-16(26)11-21-20(28)25-10-4-5-14(12-25)18-23-24-19(30-18)17(27)22-15-8-6-13(2)7-9-15/h6-9,14H,3-5,10-12H2,1-2H3,(H,21,28)(H,22,27)/t14-/m0/s1. The van der Waals surface area contributed by atoms with Crippen molar-refractivity contribution >= 4 is 34.9 Å². The second-order valence-electron chi connectivity index (χ2n) is 7.01. The van der Waals surface area contributed by atoms with E-state index in [0.29, 0.717) is 18.8 Å². The predicted octanol–water partition coefficient (Wildman–Crippen LogP) is 2.55. The zero-order chi connectivity index (χ0) is 21.5. The fraction of sp³-hybridized carbons (Fsp3) is 0.450. The van der Waals surface area contributed by atoms with E-state index >= 15 is 0 Å². The largest absolute Gasteiger partial charge is 0.465 e. The number of ether oxygens (including phenoxy) is 1. The number of amides is 3. The van der Waals surface area contributed by atoms with E-state index in [0.717, 1.165) is 23.4 Å². The van der Waals surface area contributed by atoms with Crippen LogP contribution >= 0.6 is 11.3 Å². The summed E-state index contributed by atoms with van der Waals surface area (Å²) < 4.78 is 4.82. The van der Waals surface area contributed by atoms with Gasteiger partial charge in [0.25, 0.3) is 5.91 Å². The lowest BCUT2D eigenvalue weighted by molar-refractivity contribution is -0.141. The first-order valence-corrected chi connectivity index (χ1v) is 10.7. The van der Waals surface area contributed by atoms with Crippen LogP contribution in [0.4, 0.5) is 10.5 Å². The molecule has 3 amide bonds. The van der Waals surface area contributed by atoms with E-state index in [1.165, 1.54) is 11.3 Å². The lowest BCUT2D eigenvalue weighted by atomic mass is 9.99. The molecule has 0 radical (unpaired) electrons. The van der Waals surface area contributed by atoms with Gasteiger partial charge in [-0.25, -0.2) is 4.79 Å². The van der Waals surface area contributed by atoms with Gasteiger partial charge in [0.2, 0.25) is 5.01 Å². The van der Waals surface area contributed by atoms with Crippen molar-refractivity contribution < 1.29 is 19.1 Å². The third kappa shape index (κ3) is 5.76. The Labute approximate surface area is 178 Å². The second kappa shape index (κ2) is 10.1. The van der Waals surface area contributed by atoms with Crippen LogP contribution in [0.25, 0.3) is 0 Å². The average Bonchev–Trinajstić information content (AvgIpc) is 3.24. The van der Waals surface area contributed by atoms with Gasteiger partial charge >= 0.3 is 12.0 Å². The average molecular weight is 432 g/mol. The number of piperidine rings is 1. The molecule has 1 aromatic heterocycles. The van der Waals surface area contributed by atoms with Crippen molar-refractivity contribution in [1.82, 2.24) is 20.4 Å². The number of aryl methyl sites for hydroxylation is 1. The van der Waals surface area contributed by atoms with Crippen LogP contribution in [0.2, 0.25) is 0 Å². The van der Waals surface area contributed by atoms with Crippen molar-refractivity contribution in [3.63, 3.8) is 0 Å². The highest BCUT2D eigenvalue weighted by Crippen LogP contribution is 2.29. The number of hydrogen-bond acceptors (Lipinski definition) is 7. The molecule has 0 spiro atoms. The Morgan fingerprint density at radius 3 is 2.73 bits per heavy atom. The van der Waals surface area contributed by atoms with Crippen LogP contribution < -0.4 is 10.6 Å². The lowest BCUT2D eigenvalue weighted by Crippen LogP contribution is -2.46. The lowest BCUT2D eigenvalue weighted by Gasteiger charge is -2.31. The van der Waals surface area contributed by atoms with Gasteiger partial charge in [-0.1, -0.05) is 29.0 Å². The number of carbonyl (C=O) groups is 3. The molecule has 0 aliphatic carbocycles. The smallest absolute Gasteiger partial charge is 0.325 e. The topological polar surface area (TPSA) is 114 Å². The molecule has 1 fully saturated rings. The minimum Gasteiger partial charge on any atom is -0.465 e. The maximum atomic E-state index is 12.4. The van der Waals surface area contributed by atoms with Crippen molar-refractivity contribution in [2.45, 2.75) is 32.6 Å². The molecule has 9 nitrogen and oxygen atoms in total. The van der Waals surface area contributed by atoms with E-state index < -0.39 is 5.97 Å². The van der Waals surface area contributed by atoms with Crippen molar-refractivity contribution in [3.8, 4) is 0 Å². The molecule has 30 heavy (non-hydrogen) atoms. The normalized spacial score (nSPS) is 16.1. The zero-order valence-electron chi connectivity index (χ0n) is 17.0. The van der Waals surface area contributed by atoms with E-state index in [1.54, 1.807) is 11.8 Å². The first-order valence-electron chi connectivity index (χ1n) is 9.86. The number of rotatable bonds is 6. The molecule has 1 aromatic carbocycles. The summed E-state index contributed by atoms with van der Waals surface area (Å²) in [6, 6.07) is 7.21. The highest BCUT2D eigenvalue weighted by Gasteiger charge is 2.28. The van der Waals surface area contributed by atoms with Gasteiger partial charge in [0.1, 0.15) is 11.6 Å². The molecule has 2 N–H and O–H groups in total. The van der Waals surface area contributed by atoms with Crippen molar-refractivity contribution in [3.05, 3.63) is 39.8 Å². The molecular formula is C20H25N5O4S. The molecule has 0 saturated carbocycles. The number of hydrogen-bond donors (Lipinski definition) is 2. The molecule has 10 heteroatoms. The summed E-state index contributed by atoms with van der Waals surface area (Å²) in [7, 11) is 0. The monoisotopic (exact) mass is 431 g/mol. The number of esters is 1. The van der Waals surface area contributed by atoms with Crippen molar-refractivity contribution in [2.24, 2.45) is 0 Å². The molecule has 1 atom stereocenters. The van der Waals surface area contributed by atoms with E-state index in [4.69, 9.17) is 4.74 Å². The van der Waals surface area contributed by atoms with Gasteiger partial charge in [0.05, 0.1) is 6.61 Å². The zero-order valence-corrected chi connectivity index (χ0v) is 17.8. The van der Waals surface area contributed by atoms with E-state index in [9.17, 15) is 14.4 Å². The number of likely N-dealkylation sites (tertiary alicyclic amines) is 1. The molecule has 0 bridgehead atoms. The minimum absolute atomic E-state index is 0.00511. The third-order valence-electron chi connectivity index (χ3n) is 4.69. The molecule has 2 aromatic rings. The molecule has 3 rings (SSSR count). The van der Waals surface area contributed by atoms with Gasteiger partial charge in [-0.15, -0.1) is 10.2 Å². The van der Waals surface area contributed by atoms with Gasteiger partial charge in [-0.2, -0.15) is 0 Å². The molecule has 160 valence electrons. The minimum atomic E-state index is -0.465. The Kier molecular flexibility index (Phi) is 7.34. The van der Waals surface area contributed by atoms with E-state index in [1.807, 2.05) is 31.2 Å². The Balaban J connectivity index is 1.56. The highest BCUT2D eigenvalue weighted by atomic mass is 32.1. The number of urea groups is 1. The summed E-state index contributed by atoms with van der Waals surface area (Å²) in [5.74, 6) is -0.763. The van der Waals surface area contributed by atoms with Crippen LogP contribution in [0.3, 0.4) is 0 Å². The number of nitrogens with one attached hydrogen (secondary N) is 2. The fourth-order valence-electron chi connectivity index (χ4n) is 3.15. The summed E-state index contributed by atoms with van der Waals surface area (Å²) in [4.78, 5) is 37.9. The molecular weight excluding hydrogens is 406 g/mol. The number of carbonyl (C=O) groups excluding carboxylic acids is 3. The number of nitrogens with zero attached hydrogens (tertiary/aromatic N) is 3. The number of benzene rings is 1. The summed E-state index contributed by atoms with van der Waals surface area (Å²) >= 11 is 1.24. The Morgan fingerprint density at radius 2 is 2.00 bits per heavy atom. The Morgan fingerprint density at radius 1 is 1.23 bits per heavy atom. The maximum absolute atomic E-state index is 12.4. The first kappa shape index (κ1) is 21.7. The molecule has 0 unspecified atom stereocenters. The van der Waals surface area contributed by atoms with Gasteiger partial charge in [0, 0.05) is 24.7 Å². The SMILES string of the molecule is CCOC(=O)CNC(=O)N1CCC[C@H](c2nnc(C(=O)Nc3ccc(C)cc3)s2)C1. The fourth-order valence-corrected chi connectivity index (χ4v) is 4.01.